The van der Waals surface area contributed by atoms with E-state index in [0.29, 0.717) is 0 Å². The Morgan fingerprint density at radius 3 is 1.48 bits per heavy atom. The normalized spacial score (nSPS) is 9.17. The van der Waals surface area contributed by atoms with Crippen LogP contribution in [0.3, 0.4) is 0 Å². The van der Waals surface area contributed by atoms with Crippen LogP contribution in [0.15, 0.2) is 115 Å². The van der Waals surface area contributed by atoms with Crippen LogP contribution in [0.1, 0.15) is 5.56 Å². The Morgan fingerprint density at radius 2 is 1.03 bits per heavy atom. The molecule has 0 heterocycles. The van der Waals surface area contributed by atoms with Crippen LogP contribution in [0.5, 0.6) is 0 Å². The van der Waals surface area contributed by atoms with Crippen molar-refractivity contribution in [3.05, 3.63) is 121 Å². The summed E-state index contributed by atoms with van der Waals surface area (Å²) in [6, 6.07) is 41.2. The molecule has 0 bridgehead atoms. The van der Waals surface area contributed by atoms with Gasteiger partial charge in [-0.25, -0.2) is 0 Å². The van der Waals surface area contributed by atoms with Gasteiger partial charge in [-0.05, 0) is 0 Å². The molecule has 5 rings (SSSR count). The van der Waals surface area contributed by atoms with Crippen LogP contribution in [0.2, 0.25) is 0 Å². The maximum atomic E-state index is 2.23. The smallest absolute Gasteiger partial charge is 0.0809 e. The van der Waals surface area contributed by atoms with E-state index in [1.54, 1.807) is 0 Å². The Bertz CT molecular complexity index is 957. The minimum absolute atomic E-state index is 0. The molecule has 5 aromatic carbocycles. The van der Waals surface area contributed by atoms with Gasteiger partial charge in [-0.2, -0.15) is 35.0 Å². The van der Waals surface area contributed by atoms with Gasteiger partial charge in [0.2, 0.25) is 0 Å². The Labute approximate surface area is 198 Å². The first-order chi connectivity index (χ1) is 13.4. The molecule has 0 aromatic heterocycles. The van der Waals surface area contributed by atoms with Gasteiger partial charge in [-0.1, -0.05) is 12.1 Å². The van der Waals surface area contributed by atoms with Crippen LogP contribution in [-0.2, 0) is 25.2 Å². The molecular formula is C25H23Cl2SiTi. The zero-order valence-corrected chi connectivity index (χ0v) is 20.2. The second kappa shape index (κ2) is 14.4. The van der Waals surface area contributed by atoms with Crippen molar-refractivity contribution in [3.63, 3.8) is 0 Å². The van der Waals surface area contributed by atoms with Crippen molar-refractivity contribution in [2.45, 2.75) is 6.04 Å². The van der Waals surface area contributed by atoms with Gasteiger partial charge in [0.1, 0.15) is 0 Å². The number of fused-ring (bicyclic) bond motifs is 2. The van der Waals surface area contributed by atoms with Crippen LogP contribution < -0.4 is 0 Å². The molecule has 0 saturated carbocycles. The van der Waals surface area contributed by atoms with E-state index in [-0.39, 0.29) is 24.8 Å². The van der Waals surface area contributed by atoms with E-state index in [1.807, 2.05) is 0 Å². The molecule has 1 radical (unpaired) electrons. The van der Waals surface area contributed by atoms with Crippen molar-refractivity contribution in [2.75, 3.05) is 0 Å². The molecule has 29 heavy (non-hydrogen) atoms. The van der Waals surface area contributed by atoms with Crippen LogP contribution >= 0.6 is 24.8 Å². The zero-order chi connectivity index (χ0) is 18.7. The number of benzene rings is 3. The minimum Gasteiger partial charge on any atom is -0.168 e. The third-order valence-corrected chi connectivity index (χ3v) is 5.64. The van der Waals surface area contributed by atoms with Crippen molar-refractivity contribution in [1.29, 1.82) is 0 Å². The van der Waals surface area contributed by atoms with E-state index >= 15 is 0 Å². The summed E-state index contributed by atoms with van der Waals surface area (Å²) in [5.41, 5.74) is 1.46. The third kappa shape index (κ3) is 8.34. The topological polar surface area (TPSA) is 0 Å². The summed E-state index contributed by atoms with van der Waals surface area (Å²) in [4.78, 5) is 0. The molecule has 0 fully saturated rings. The molecule has 0 saturated heterocycles. The molecule has 0 aliphatic heterocycles. The van der Waals surface area contributed by atoms with Crippen molar-refractivity contribution in [3.8, 4) is 0 Å². The van der Waals surface area contributed by atoms with Gasteiger partial charge in [-0.15, -0.1) is 84.1 Å². The van der Waals surface area contributed by atoms with Gasteiger partial charge >= 0.3 is 68.0 Å². The molecule has 0 amide bonds. The molecule has 0 nitrogen and oxygen atoms in total. The Morgan fingerprint density at radius 1 is 0.586 bits per heavy atom. The summed E-state index contributed by atoms with van der Waals surface area (Å²) < 4.78 is 0. The minimum atomic E-state index is 0. The first kappa shape index (κ1) is 25.4. The average molecular weight is 470 g/mol. The van der Waals surface area contributed by atoms with Crippen molar-refractivity contribution < 1.29 is 19.2 Å². The summed E-state index contributed by atoms with van der Waals surface area (Å²) in [5, 5.41) is 5.32. The molecule has 145 valence electrons. The largest absolute Gasteiger partial charge is 0.168 e. The van der Waals surface area contributed by atoms with Crippen LogP contribution in [0, 0.1) is 0 Å². The molecule has 0 atom stereocenters. The second-order valence-electron chi connectivity index (χ2n) is 6.15. The first-order valence-electron chi connectivity index (χ1n) is 9.01. The molecular weight excluding hydrogens is 447 g/mol. The van der Waals surface area contributed by atoms with Crippen molar-refractivity contribution in [2.24, 2.45) is 0 Å². The monoisotopic (exact) mass is 469 g/mol. The predicted molar refractivity (Wildman–Crippen MR) is 129 cm³/mol. The Kier molecular flexibility index (Phi) is 12.6. The average Bonchev–Trinajstić information content (AvgIpc) is 3.39. The fourth-order valence-corrected chi connectivity index (χ4v) is 4.23. The standard InChI is InChI=1S/2C9H7.C7H7Si.2ClH.Ti/c2*1-2-5-9-7-3-6-8(9)4-1;8-6-7-4-2-1-3-5-7;;;/h2*1-7H;1-5H,6H2;2*1H;/q2*-1;;;;+2. The Balaban J connectivity index is 0.000000210. The van der Waals surface area contributed by atoms with E-state index in [4.69, 9.17) is 0 Å². The third-order valence-electron chi connectivity index (χ3n) is 4.23. The molecule has 4 heteroatoms. The van der Waals surface area contributed by atoms with Gasteiger partial charge in [-0.3, -0.25) is 0 Å². The van der Waals surface area contributed by atoms with Gasteiger partial charge in [0.25, 0.3) is 0 Å². The maximum absolute atomic E-state index is 2.23. The number of rotatable bonds is 2. The number of halogens is 2. The zero-order valence-electron chi connectivity index (χ0n) is 16.0. The van der Waals surface area contributed by atoms with E-state index in [9.17, 15) is 0 Å². The molecule has 0 spiro atoms. The predicted octanol–water partition coefficient (Wildman–Crippen LogP) is 7.31. The quantitative estimate of drug-likeness (QED) is 0.187. The summed E-state index contributed by atoms with van der Waals surface area (Å²) in [7, 11) is 0. The summed E-state index contributed by atoms with van der Waals surface area (Å²) in [5.74, 6) is 0. The van der Waals surface area contributed by atoms with E-state index < -0.39 is 0 Å². The first-order valence-corrected chi connectivity index (χ1v) is 12.6. The van der Waals surface area contributed by atoms with Gasteiger partial charge in [0.15, 0.2) is 0 Å². The maximum Gasteiger partial charge on any atom is -0.0809 e. The number of hydrogen-bond acceptors (Lipinski definition) is 0. The SMILES string of the molecule is Cl.Cl.[Ti+2]=[Si]Cc1ccccc1.c1ccc2[cH-]ccc2c1.c1ccc2[cH-]ccc2c1. The molecule has 0 aliphatic carbocycles. The fourth-order valence-electron chi connectivity index (χ4n) is 2.84. The summed E-state index contributed by atoms with van der Waals surface area (Å²) >= 11 is 2.23. The van der Waals surface area contributed by atoms with E-state index in [1.165, 1.54) is 33.2 Å². The number of hydrogen-bond donors (Lipinski definition) is 0. The van der Waals surface area contributed by atoms with Crippen LogP contribution in [0.25, 0.3) is 21.5 Å². The van der Waals surface area contributed by atoms with E-state index in [0.717, 1.165) is 6.91 Å². The van der Waals surface area contributed by atoms with Crippen LogP contribution in [-0.4, -0.2) is 6.91 Å². The molecule has 0 unspecified atom stereocenters. The summed E-state index contributed by atoms with van der Waals surface area (Å²) in [6.07, 6.45) is 0. The van der Waals surface area contributed by atoms with Gasteiger partial charge < -0.3 is 0 Å². The molecule has 5 aromatic rings. The van der Waals surface area contributed by atoms with E-state index in [2.05, 4.69) is 134 Å². The van der Waals surface area contributed by atoms with Crippen molar-refractivity contribution >= 4 is 53.3 Å². The van der Waals surface area contributed by atoms with Gasteiger partial charge in [0, 0.05) is 0 Å². The summed E-state index contributed by atoms with van der Waals surface area (Å²) in [6.45, 7) is 1.04. The van der Waals surface area contributed by atoms with Crippen molar-refractivity contribution in [1.82, 2.24) is 0 Å². The van der Waals surface area contributed by atoms with Crippen LogP contribution in [0.4, 0.5) is 0 Å². The second-order valence-corrected chi connectivity index (χ2v) is 8.51. The molecule has 0 aliphatic rings. The fraction of sp³-hybridized carbons (Fsp3) is 0.0400. The Hall–Kier alpha value is -1.61. The van der Waals surface area contributed by atoms with Gasteiger partial charge in [0.05, 0.1) is 0 Å². The molecule has 0 N–H and O–H groups in total.